The molecule has 2 aromatic carbocycles. The van der Waals surface area contributed by atoms with Crippen LogP contribution in [0.25, 0.3) is 0 Å². The fourth-order valence-corrected chi connectivity index (χ4v) is 4.61. The molecule has 0 aliphatic heterocycles. The normalized spacial score (nSPS) is 11.6. The van der Waals surface area contributed by atoms with E-state index in [1.54, 1.807) is 12.1 Å². The average Bonchev–Trinajstić information content (AvgIpc) is 2.41. The Morgan fingerprint density at radius 3 is 2.43 bits per heavy atom. The lowest BCUT2D eigenvalue weighted by atomic mass is 10.1. The van der Waals surface area contributed by atoms with E-state index in [4.69, 9.17) is 0 Å². The number of aryl methyl sites for hydroxylation is 2. The van der Waals surface area contributed by atoms with Crippen LogP contribution in [-0.2, 0) is 16.6 Å². The Balaban J connectivity index is 2.25. The number of halogens is 2. The van der Waals surface area contributed by atoms with Crippen LogP contribution in [0, 0.1) is 13.8 Å². The predicted octanol–water partition coefficient (Wildman–Crippen LogP) is 4.31. The van der Waals surface area contributed by atoms with Crippen LogP contribution in [0.15, 0.2) is 50.2 Å². The van der Waals surface area contributed by atoms with Gasteiger partial charge >= 0.3 is 0 Å². The quantitative estimate of drug-likeness (QED) is 0.782. The Hall–Kier alpha value is -0.690. The molecule has 0 heterocycles. The zero-order valence-corrected chi connectivity index (χ0v) is 15.6. The minimum absolute atomic E-state index is 0.229. The molecular weight excluding hydrogens is 418 g/mol. The molecule has 112 valence electrons. The first kappa shape index (κ1) is 16.7. The molecule has 0 amide bonds. The zero-order chi connectivity index (χ0) is 15.6. The fraction of sp³-hybridized carbons (Fsp3) is 0.200. The number of benzene rings is 2. The summed E-state index contributed by atoms with van der Waals surface area (Å²) < 4.78 is 28.8. The number of nitrogens with one attached hydrogen (secondary N) is 1. The highest BCUT2D eigenvalue weighted by Gasteiger charge is 2.18. The van der Waals surface area contributed by atoms with Crippen LogP contribution in [0.5, 0.6) is 0 Å². The number of hydrogen-bond donors (Lipinski definition) is 1. The minimum atomic E-state index is -3.57. The highest BCUT2D eigenvalue weighted by Crippen LogP contribution is 2.28. The lowest BCUT2D eigenvalue weighted by Gasteiger charge is -2.11. The van der Waals surface area contributed by atoms with Gasteiger partial charge in [0.15, 0.2) is 0 Å². The zero-order valence-electron chi connectivity index (χ0n) is 11.7. The molecule has 0 unspecified atom stereocenters. The molecule has 0 aliphatic carbocycles. The van der Waals surface area contributed by atoms with Gasteiger partial charge < -0.3 is 0 Å². The molecule has 6 heteroatoms. The summed E-state index contributed by atoms with van der Waals surface area (Å²) >= 11 is 6.68. The molecule has 0 aliphatic rings. The van der Waals surface area contributed by atoms with E-state index in [0.717, 1.165) is 21.2 Å². The van der Waals surface area contributed by atoms with Crippen molar-refractivity contribution in [3.63, 3.8) is 0 Å². The highest BCUT2D eigenvalue weighted by molar-refractivity contribution is 9.11. The lowest BCUT2D eigenvalue weighted by Crippen LogP contribution is -2.23. The van der Waals surface area contributed by atoms with Crippen LogP contribution in [0.4, 0.5) is 0 Å². The molecule has 0 saturated carbocycles. The summed E-state index contributed by atoms with van der Waals surface area (Å²) in [6, 6.07) is 11.1. The Bertz CT molecular complexity index is 773. The maximum absolute atomic E-state index is 12.4. The molecule has 0 bridgehead atoms. The first-order chi connectivity index (χ1) is 9.79. The van der Waals surface area contributed by atoms with E-state index < -0.39 is 10.0 Å². The van der Waals surface area contributed by atoms with Gasteiger partial charge in [0.1, 0.15) is 0 Å². The van der Waals surface area contributed by atoms with Crippen molar-refractivity contribution in [2.75, 3.05) is 0 Å². The van der Waals surface area contributed by atoms with Crippen molar-refractivity contribution in [3.05, 3.63) is 62.0 Å². The van der Waals surface area contributed by atoms with Gasteiger partial charge in [-0.1, -0.05) is 45.8 Å². The molecule has 0 radical (unpaired) electrons. The fourth-order valence-electron chi connectivity index (χ4n) is 1.91. The number of sulfonamides is 1. The van der Waals surface area contributed by atoms with E-state index in [1.807, 2.05) is 38.1 Å². The maximum atomic E-state index is 12.4. The van der Waals surface area contributed by atoms with Gasteiger partial charge in [-0.3, -0.25) is 0 Å². The number of hydrogen-bond acceptors (Lipinski definition) is 2. The van der Waals surface area contributed by atoms with Crippen LogP contribution in [-0.4, -0.2) is 8.42 Å². The maximum Gasteiger partial charge on any atom is 0.242 e. The van der Waals surface area contributed by atoms with Crippen LogP contribution < -0.4 is 4.72 Å². The summed E-state index contributed by atoms with van der Waals surface area (Å²) in [7, 11) is -3.57. The summed E-state index contributed by atoms with van der Waals surface area (Å²) in [6.07, 6.45) is 0. The Labute approximate surface area is 142 Å². The van der Waals surface area contributed by atoms with Crippen LogP contribution in [0.2, 0.25) is 0 Å². The van der Waals surface area contributed by atoms with Gasteiger partial charge in [-0.2, -0.15) is 0 Å². The second-order valence-electron chi connectivity index (χ2n) is 4.85. The summed E-state index contributed by atoms with van der Waals surface area (Å²) in [4.78, 5) is 0.229. The molecule has 2 aromatic rings. The molecule has 1 N–H and O–H groups in total. The molecule has 0 fully saturated rings. The summed E-state index contributed by atoms with van der Waals surface area (Å²) in [5.74, 6) is 0. The van der Waals surface area contributed by atoms with Gasteiger partial charge in [0, 0.05) is 15.5 Å². The van der Waals surface area contributed by atoms with Crippen LogP contribution in [0.3, 0.4) is 0 Å². The van der Waals surface area contributed by atoms with Crippen molar-refractivity contribution in [2.45, 2.75) is 25.3 Å². The van der Waals surface area contributed by atoms with E-state index in [1.165, 1.54) is 0 Å². The molecule has 3 nitrogen and oxygen atoms in total. The van der Waals surface area contributed by atoms with E-state index >= 15 is 0 Å². The summed E-state index contributed by atoms with van der Waals surface area (Å²) in [5.41, 5.74) is 3.01. The van der Waals surface area contributed by atoms with E-state index in [-0.39, 0.29) is 11.4 Å². The van der Waals surface area contributed by atoms with Gasteiger partial charge in [-0.25, -0.2) is 13.1 Å². The third-order valence-corrected chi connectivity index (χ3v) is 6.27. The molecule has 21 heavy (non-hydrogen) atoms. The molecule has 2 rings (SSSR count). The average molecular weight is 433 g/mol. The number of rotatable bonds is 4. The largest absolute Gasteiger partial charge is 0.242 e. The second kappa shape index (κ2) is 6.60. The molecule has 0 atom stereocenters. The third-order valence-electron chi connectivity index (χ3n) is 3.05. The van der Waals surface area contributed by atoms with E-state index in [0.29, 0.717) is 4.47 Å². The van der Waals surface area contributed by atoms with Crippen molar-refractivity contribution in [1.82, 2.24) is 4.72 Å². The smallest absolute Gasteiger partial charge is 0.207 e. The van der Waals surface area contributed by atoms with Crippen LogP contribution >= 0.6 is 31.9 Å². The molecule has 0 spiro atoms. The van der Waals surface area contributed by atoms with Crippen molar-refractivity contribution in [2.24, 2.45) is 0 Å². The SMILES string of the molecule is Cc1cccc(CNS(=O)(=O)c2cc(Br)c(C)cc2Br)c1. The third kappa shape index (κ3) is 4.16. The van der Waals surface area contributed by atoms with Crippen LogP contribution in [0.1, 0.15) is 16.7 Å². The standard InChI is InChI=1S/C15H15Br2NO2S/c1-10-4-3-5-12(6-10)9-18-21(19,20)15-8-13(16)11(2)7-14(15)17/h3-8,18H,9H2,1-2H3. The first-order valence-corrected chi connectivity index (χ1v) is 9.37. The first-order valence-electron chi connectivity index (χ1n) is 6.30. The topological polar surface area (TPSA) is 46.2 Å². The van der Waals surface area contributed by atoms with Crippen molar-refractivity contribution in [1.29, 1.82) is 0 Å². The van der Waals surface area contributed by atoms with Crippen molar-refractivity contribution >= 4 is 41.9 Å². The molecule has 0 saturated heterocycles. The Kier molecular flexibility index (Phi) is 5.24. The second-order valence-corrected chi connectivity index (χ2v) is 8.29. The summed E-state index contributed by atoms with van der Waals surface area (Å²) in [6.45, 7) is 4.15. The van der Waals surface area contributed by atoms with Gasteiger partial charge in [0.2, 0.25) is 10.0 Å². The monoisotopic (exact) mass is 431 g/mol. The highest BCUT2D eigenvalue weighted by atomic mass is 79.9. The van der Waals surface area contributed by atoms with Gasteiger partial charge in [-0.05, 0) is 53.0 Å². The van der Waals surface area contributed by atoms with Gasteiger partial charge in [0.25, 0.3) is 0 Å². The Morgan fingerprint density at radius 2 is 1.76 bits per heavy atom. The molecular formula is C15H15Br2NO2S. The predicted molar refractivity (Wildman–Crippen MR) is 91.8 cm³/mol. The van der Waals surface area contributed by atoms with Gasteiger partial charge in [0.05, 0.1) is 4.90 Å². The Morgan fingerprint density at radius 1 is 1.05 bits per heavy atom. The molecule has 0 aromatic heterocycles. The lowest BCUT2D eigenvalue weighted by molar-refractivity contribution is 0.580. The summed E-state index contributed by atoms with van der Waals surface area (Å²) in [5, 5.41) is 0. The van der Waals surface area contributed by atoms with E-state index in [9.17, 15) is 8.42 Å². The van der Waals surface area contributed by atoms with E-state index in [2.05, 4.69) is 36.6 Å². The minimum Gasteiger partial charge on any atom is -0.207 e. The van der Waals surface area contributed by atoms with Crippen molar-refractivity contribution in [3.8, 4) is 0 Å². The van der Waals surface area contributed by atoms with Gasteiger partial charge in [-0.15, -0.1) is 0 Å². The van der Waals surface area contributed by atoms with Crippen molar-refractivity contribution < 1.29 is 8.42 Å².